The number of amides is 2. The molecule has 5 N–H and O–H groups in total. The second-order valence-electron chi connectivity index (χ2n) is 4.99. The monoisotopic (exact) mass is 287 g/mol. The van der Waals surface area contributed by atoms with E-state index >= 15 is 0 Å². The first-order valence-electron chi connectivity index (χ1n) is 6.16. The normalized spacial score (nSPS) is 14.0. The van der Waals surface area contributed by atoms with Gasteiger partial charge in [-0.1, -0.05) is 19.0 Å². The zero-order valence-corrected chi connectivity index (χ0v) is 11.6. The second kappa shape index (κ2) is 8.36. The molecule has 0 aliphatic carbocycles. The van der Waals surface area contributed by atoms with Gasteiger partial charge in [0.2, 0.25) is 11.8 Å². The molecule has 2 atom stereocenters. The highest BCUT2D eigenvalue weighted by Crippen LogP contribution is 2.28. The van der Waals surface area contributed by atoms with Crippen molar-refractivity contribution in [3.8, 4) is 0 Å². The number of nitrogens with one attached hydrogen (secondary N) is 1. The molecule has 2 amide bonds. The SMILES string of the molecule is CC(C)(C(O)CCC(=O)NCCN=[N+]=[N-])C(O)C(N)=O. The van der Waals surface area contributed by atoms with Gasteiger partial charge in [-0.3, -0.25) is 9.59 Å². The second-order valence-corrected chi connectivity index (χ2v) is 4.99. The third kappa shape index (κ3) is 5.87. The largest absolute Gasteiger partial charge is 0.392 e. The quantitative estimate of drug-likeness (QED) is 0.193. The summed E-state index contributed by atoms with van der Waals surface area (Å²) in [5.41, 5.74) is 11.9. The molecule has 9 nitrogen and oxygen atoms in total. The molecule has 0 aliphatic rings. The lowest BCUT2D eigenvalue weighted by Crippen LogP contribution is -2.48. The molecular formula is C11H21N5O4. The van der Waals surface area contributed by atoms with Gasteiger partial charge in [0, 0.05) is 29.8 Å². The van der Waals surface area contributed by atoms with Gasteiger partial charge in [-0.25, -0.2) is 0 Å². The first-order chi connectivity index (χ1) is 9.23. The van der Waals surface area contributed by atoms with E-state index in [0.717, 1.165) is 0 Å². The summed E-state index contributed by atoms with van der Waals surface area (Å²) in [5, 5.41) is 25.3. The van der Waals surface area contributed by atoms with Crippen molar-refractivity contribution in [2.45, 2.75) is 38.9 Å². The van der Waals surface area contributed by atoms with Gasteiger partial charge in [-0.2, -0.15) is 0 Å². The number of nitrogens with zero attached hydrogens (tertiary/aromatic N) is 3. The number of hydrogen-bond acceptors (Lipinski definition) is 5. The standard InChI is InChI=1S/C11H21N5O4/c1-11(2,9(19)10(12)20)7(17)3-4-8(18)14-5-6-15-16-13/h7,9,17,19H,3-6H2,1-2H3,(H2,12,20)(H,14,18). The molecule has 0 aromatic carbocycles. The number of aliphatic hydroxyl groups is 2. The van der Waals surface area contributed by atoms with Crippen molar-refractivity contribution in [2.24, 2.45) is 16.3 Å². The van der Waals surface area contributed by atoms with E-state index in [1.807, 2.05) is 0 Å². The molecule has 0 saturated carbocycles. The molecule has 2 unspecified atom stereocenters. The highest BCUT2D eigenvalue weighted by molar-refractivity contribution is 5.79. The van der Waals surface area contributed by atoms with Crippen LogP contribution in [0.4, 0.5) is 0 Å². The minimum Gasteiger partial charge on any atom is -0.392 e. The minimum atomic E-state index is -1.49. The Bertz CT molecular complexity index is 392. The van der Waals surface area contributed by atoms with E-state index in [1.165, 1.54) is 13.8 Å². The van der Waals surface area contributed by atoms with E-state index in [2.05, 4.69) is 15.3 Å². The zero-order valence-electron chi connectivity index (χ0n) is 11.6. The average molecular weight is 287 g/mol. The Hall–Kier alpha value is -1.83. The molecular weight excluding hydrogens is 266 g/mol. The maximum Gasteiger partial charge on any atom is 0.246 e. The summed E-state index contributed by atoms with van der Waals surface area (Å²) in [6.07, 6.45) is -2.46. The molecule has 0 radical (unpaired) electrons. The topological polar surface area (TPSA) is 161 Å². The highest BCUT2D eigenvalue weighted by Gasteiger charge is 2.38. The molecule has 114 valence electrons. The van der Waals surface area contributed by atoms with Crippen LogP contribution in [0.2, 0.25) is 0 Å². The summed E-state index contributed by atoms with van der Waals surface area (Å²) >= 11 is 0. The van der Waals surface area contributed by atoms with Gasteiger partial charge in [-0.15, -0.1) is 0 Å². The summed E-state index contributed by atoms with van der Waals surface area (Å²) in [6.45, 7) is 3.35. The summed E-state index contributed by atoms with van der Waals surface area (Å²) in [7, 11) is 0. The first-order valence-corrected chi connectivity index (χ1v) is 6.16. The molecule has 0 saturated heterocycles. The summed E-state index contributed by atoms with van der Waals surface area (Å²) < 4.78 is 0. The van der Waals surface area contributed by atoms with Crippen LogP contribution in [0.15, 0.2) is 5.11 Å². The molecule has 0 aromatic rings. The third-order valence-electron chi connectivity index (χ3n) is 3.08. The van der Waals surface area contributed by atoms with Crippen molar-refractivity contribution < 1.29 is 19.8 Å². The van der Waals surface area contributed by atoms with E-state index in [1.54, 1.807) is 0 Å². The molecule has 20 heavy (non-hydrogen) atoms. The number of primary amides is 1. The number of hydrogen-bond donors (Lipinski definition) is 4. The average Bonchev–Trinajstić information content (AvgIpc) is 2.39. The number of carbonyl (C=O) groups is 2. The lowest BCUT2D eigenvalue weighted by atomic mass is 9.78. The fourth-order valence-corrected chi connectivity index (χ4v) is 1.57. The number of aliphatic hydroxyl groups excluding tert-OH is 2. The maximum atomic E-state index is 11.4. The van der Waals surface area contributed by atoms with E-state index in [9.17, 15) is 19.8 Å². The fraction of sp³-hybridized carbons (Fsp3) is 0.818. The van der Waals surface area contributed by atoms with Crippen LogP contribution >= 0.6 is 0 Å². The molecule has 0 fully saturated rings. The van der Waals surface area contributed by atoms with Gasteiger partial charge >= 0.3 is 0 Å². The van der Waals surface area contributed by atoms with Crippen molar-refractivity contribution in [3.63, 3.8) is 0 Å². The Kier molecular flexibility index (Phi) is 7.60. The number of carbonyl (C=O) groups excluding carboxylic acids is 2. The third-order valence-corrected chi connectivity index (χ3v) is 3.08. The van der Waals surface area contributed by atoms with E-state index < -0.39 is 23.5 Å². The fourth-order valence-electron chi connectivity index (χ4n) is 1.57. The number of rotatable bonds is 9. The Morgan fingerprint density at radius 1 is 1.45 bits per heavy atom. The number of azide groups is 1. The Morgan fingerprint density at radius 2 is 2.05 bits per heavy atom. The Morgan fingerprint density at radius 3 is 2.55 bits per heavy atom. The minimum absolute atomic E-state index is 0.0202. The molecule has 0 aromatic heterocycles. The predicted molar refractivity (Wildman–Crippen MR) is 71.2 cm³/mol. The smallest absolute Gasteiger partial charge is 0.246 e. The molecule has 0 spiro atoms. The van der Waals surface area contributed by atoms with Gasteiger partial charge in [0.05, 0.1) is 6.10 Å². The van der Waals surface area contributed by atoms with Crippen molar-refractivity contribution in [1.82, 2.24) is 5.32 Å². The summed E-state index contributed by atoms with van der Waals surface area (Å²) in [4.78, 5) is 24.9. The highest BCUT2D eigenvalue weighted by atomic mass is 16.3. The van der Waals surface area contributed by atoms with E-state index in [-0.39, 0.29) is 31.8 Å². The Labute approximate surface area is 116 Å². The van der Waals surface area contributed by atoms with E-state index in [0.29, 0.717) is 0 Å². The van der Waals surface area contributed by atoms with Gasteiger partial charge < -0.3 is 21.3 Å². The van der Waals surface area contributed by atoms with Crippen LogP contribution in [-0.4, -0.2) is 47.3 Å². The van der Waals surface area contributed by atoms with Gasteiger partial charge in [0.15, 0.2) is 0 Å². The van der Waals surface area contributed by atoms with Crippen LogP contribution in [0.1, 0.15) is 26.7 Å². The first kappa shape index (κ1) is 18.2. The maximum absolute atomic E-state index is 11.4. The van der Waals surface area contributed by atoms with Crippen molar-refractivity contribution >= 4 is 11.8 Å². The Balaban J connectivity index is 4.20. The van der Waals surface area contributed by atoms with Crippen molar-refractivity contribution in [1.29, 1.82) is 0 Å². The van der Waals surface area contributed by atoms with Gasteiger partial charge in [0.1, 0.15) is 6.10 Å². The number of nitrogens with two attached hydrogens (primary N) is 1. The van der Waals surface area contributed by atoms with Crippen LogP contribution in [-0.2, 0) is 9.59 Å². The van der Waals surface area contributed by atoms with Crippen molar-refractivity contribution in [3.05, 3.63) is 10.4 Å². The predicted octanol–water partition coefficient (Wildman–Crippen LogP) is -0.574. The van der Waals surface area contributed by atoms with Crippen molar-refractivity contribution in [2.75, 3.05) is 13.1 Å². The van der Waals surface area contributed by atoms with Crippen LogP contribution < -0.4 is 11.1 Å². The molecule has 0 aliphatic heterocycles. The van der Waals surface area contributed by atoms with Gasteiger partial charge in [-0.05, 0) is 12.0 Å². The van der Waals surface area contributed by atoms with Gasteiger partial charge in [0.25, 0.3) is 0 Å². The van der Waals surface area contributed by atoms with Crippen LogP contribution in [0.5, 0.6) is 0 Å². The lowest BCUT2D eigenvalue weighted by molar-refractivity contribution is -0.138. The molecule has 9 heteroatoms. The summed E-state index contributed by atoms with van der Waals surface area (Å²) in [5.74, 6) is -1.24. The summed E-state index contributed by atoms with van der Waals surface area (Å²) in [6, 6.07) is 0. The van der Waals surface area contributed by atoms with Crippen LogP contribution in [0, 0.1) is 5.41 Å². The zero-order chi connectivity index (χ0) is 15.8. The van der Waals surface area contributed by atoms with Crippen LogP contribution in [0.3, 0.4) is 0 Å². The molecule has 0 rings (SSSR count). The van der Waals surface area contributed by atoms with E-state index in [4.69, 9.17) is 11.3 Å². The molecule has 0 bridgehead atoms. The lowest BCUT2D eigenvalue weighted by Gasteiger charge is -2.33. The molecule has 0 heterocycles. The van der Waals surface area contributed by atoms with Crippen LogP contribution in [0.25, 0.3) is 10.4 Å².